The summed E-state index contributed by atoms with van der Waals surface area (Å²) in [5.74, 6) is -0.405. The van der Waals surface area contributed by atoms with Gasteiger partial charge in [-0.05, 0) is 0 Å². The molecule has 2 N–H and O–H groups in total. The molecular weight excluding hydrogens is 332 g/mol. The molecule has 22 heavy (non-hydrogen) atoms. The highest BCUT2D eigenvalue weighted by atomic mass is 32.2. The maximum atomic E-state index is 11.6. The van der Waals surface area contributed by atoms with Crippen molar-refractivity contribution in [2.24, 2.45) is 0 Å². The van der Waals surface area contributed by atoms with E-state index in [0.717, 1.165) is 0 Å². The summed E-state index contributed by atoms with van der Waals surface area (Å²) in [5, 5.41) is 19.8. The summed E-state index contributed by atoms with van der Waals surface area (Å²) in [5.41, 5.74) is 0. The fraction of sp³-hybridized carbons (Fsp3) is 1.00. The average molecular weight is 354 g/mol. The highest BCUT2D eigenvalue weighted by Crippen LogP contribution is 2.23. The Bertz CT molecular complexity index is 570. The van der Waals surface area contributed by atoms with Gasteiger partial charge in [-0.25, -0.2) is 16.8 Å². The van der Waals surface area contributed by atoms with Crippen LogP contribution < -0.4 is 0 Å². The Labute approximate surface area is 130 Å². The van der Waals surface area contributed by atoms with Crippen LogP contribution in [0, 0.1) is 0 Å². The molecule has 0 bridgehead atoms. The van der Waals surface area contributed by atoms with E-state index in [-0.39, 0.29) is 35.1 Å². The number of aliphatic hydroxyl groups excluding tert-OH is 2. The highest BCUT2D eigenvalue weighted by Gasteiger charge is 2.44. The summed E-state index contributed by atoms with van der Waals surface area (Å²) in [6, 6.07) is -0.742. The maximum absolute atomic E-state index is 11.6. The van der Waals surface area contributed by atoms with Crippen LogP contribution >= 0.6 is 0 Å². The van der Waals surface area contributed by atoms with E-state index in [9.17, 15) is 27.0 Å². The van der Waals surface area contributed by atoms with E-state index in [2.05, 4.69) is 0 Å². The van der Waals surface area contributed by atoms with E-state index in [4.69, 9.17) is 0 Å². The molecule has 0 aromatic carbocycles. The third kappa shape index (κ3) is 3.31. The van der Waals surface area contributed by atoms with Crippen LogP contribution in [0.1, 0.15) is 0 Å². The topological polar surface area (TPSA) is 115 Å². The average Bonchev–Trinajstić information content (AvgIpc) is 2.84. The molecule has 3 heterocycles. The first-order valence-corrected chi connectivity index (χ1v) is 11.1. The SMILES string of the molecule is O=S1(=O)C[C@@H](N2CCN([C@H]3CS(=O)(=O)C[C@H]3O)CC2)[C@@H](O)C1. The van der Waals surface area contributed by atoms with E-state index < -0.39 is 31.9 Å². The fourth-order valence-corrected chi connectivity index (χ4v) is 7.38. The van der Waals surface area contributed by atoms with E-state index in [1.807, 2.05) is 9.80 Å². The van der Waals surface area contributed by atoms with Crippen LogP contribution in [-0.2, 0) is 19.7 Å². The zero-order chi connectivity index (χ0) is 16.1. The summed E-state index contributed by atoms with van der Waals surface area (Å²) in [4.78, 5) is 3.92. The van der Waals surface area contributed by atoms with Crippen molar-refractivity contribution < 1.29 is 27.0 Å². The molecular formula is C12H22N2O6S2. The fourth-order valence-electron chi connectivity index (χ4n) is 3.72. The predicted octanol–water partition coefficient (Wildman–Crippen LogP) is -3.08. The normalized spacial score (nSPS) is 42.6. The molecule has 0 saturated carbocycles. The smallest absolute Gasteiger partial charge is 0.154 e. The Morgan fingerprint density at radius 2 is 0.955 bits per heavy atom. The Kier molecular flexibility index (Phi) is 4.28. The Morgan fingerprint density at radius 3 is 1.18 bits per heavy atom. The molecule has 0 aromatic rings. The summed E-state index contributed by atoms with van der Waals surface area (Å²) in [7, 11) is -6.34. The molecule has 3 saturated heterocycles. The van der Waals surface area contributed by atoms with Crippen molar-refractivity contribution in [3.8, 4) is 0 Å². The second-order valence-corrected chi connectivity index (χ2v) is 10.8. The van der Waals surface area contributed by atoms with Crippen LogP contribution in [0.4, 0.5) is 0 Å². The largest absolute Gasteiger partial charge is 0.390 e. The molecule has 3 rings (SSSR count). The molecule has 10 heteroatoms. The lowest BCUT2D eigenvalue weighted by atomic mass is 10.1. The first-order chi connectivity index (χ1) is 10.2. The van der Waals surface area contributed by atoms with E-state index in [1.54, 1.807) is 0 Å². The number of piperazine rings is 1. The Morgan fingerprint density at radius 1 is 0.636 bits per heavy atom. The quantitative estimate of drug-likeness (QED) is 0.536. The number of hydrogen-bond donors (Lipinski definition) is 2. The molecule has 0 amide bonds. The van der Waals surface area contributed by atoms with Crippen LogP contribution in [0.5, 0.6) is 0 Å². The minimum Gasteiger partial charge on any atom is -0.390 e. The Hall–Kier alpha value is -0.260. The van der Waals surface area contributed by atoms with Crippen LogP contribution in [0.25, 0.3) is 0 Å². The monoisotopic (exact) mass is 354 g/mol. The number of aliphatic hydroxyl groups is 2. The second kappa shape index (κ2) is 5.67. The van der Waals surface area contributed by atoms with E-state index in [0.29, 0.717) is 26.2 Å². The van der Waals surface area contributed by atoms with Crippen LogP contribution in [0.15, 0.2) is 0 Å². The van der Waals surface area contributed by atoms with Gasteiger partial charge in [0.25, 0.3) is 0 Å². The first-order valence-electron chi connectivity index (χ1n) is 7.42. The summed E-state index contributed by atoms with van der Waals surface area (Å²) in [6.45, 7) is 2.28. The van der Waals surface area contributed by atoms with Gasteiger partial charge in [0.1, 0.15) is 0 Å². The minimum atomic E-state index is -3.17. The van der Waals surface area contributed by atoms with Crippen molar-refractivity contribution in [2.45, 2.75) is 24.3 Å². The zero-order valence-corrected chi connectivity index (χ0v) is 13.8. The number of sulfone groups is 2. The predicted molar refractivity (Wildman–Crippen MR) is 80.0 cm³/mol. The third-order valence-corrected chi connectivity index (χ3v) is 8.27. The van der Waals surface area contributed by atoms with E-state index >= 15 is 0 Å². The van der Waals surface area contributed by atoms with Gasteiger partial charge in [-0.2, -0.15) is 0 Å². The van der Waals surface area contributed by atoms with Gasteiger partial charge in [0, 0.05) is 26.2 Å². The van der Waals surface area contributed by atoms with Crippen molar-refractivity contribution in [3.05, 3.63) is 0 Å². The van der Waals surface area contributed by atoms with Crippen molar-refractivity contribution in [3.63, 3.8) is 0 Å². The Balaban J connectivity index is 1.59. The van der Waals surface area contributed by atoms with Crippen molar-refractivity contribution in [1.82, 2.24) is 9.80 Å². The van der Waals surface area contributed by atoms with Crippen LogP contribution in [0.3, 0.4) is 0 Å². The molecule has 0 unspecified atom stereocenters. The van der Waals surface area contributed by atoms with Gasteiger partial charge in [0.05, 0.1) is 47.3 Å². The summed E-state index contributed by atoms with van der Waals surface area (Å²) < 4.78 is 46.3. The molecule has 8 nitrogen and oxygen atoms in total. The van der Waals surface area contributed by atoms with Gasteiger partial charge in [-0.1, -0.05) is 0 Å². The first kappa shape index (κ1) is 16.6. The second-order valence-electron chi connectivity index (χ2n) is 6.50. The van der Waals surface area contributed by atoms with Gasteiger partial charge >= 0.3 is 0 Å². The van der Waals surface area contributed by atoms with Crippen LogP contribution in [-0.4, -0.2) is 110 Å². The van der Waals surface area contributed by atoms with Crippen LogP contribution in [0.2, 0.25) is 0 Å². The lowest BCUT2D eigenvalue weighted by molar-refractivity contribution is 0.0114. The zero-order valence-electron chi connectivity index (χ0n) is 12.2. The summed E-state index contributed by atoms with van der Waals surface area (Å²) in [6.07, 6.45) is -1.71. The molecule has 0 radical (unpaired) electrons. The van der Waals surface area contributed by atoms with Crippen molar-refractivity contribution >= 4 is 19.7 Å². The molecule has 4 atom stereocenters. The third-order valence-electron chi connectivity index (χ3n) is 4.87. The number of nitrogens with zero attached hydrogens (tertiary/aromatic N) is 2. The van der Waals surface area contributed by atoms with Gasteiger partial charge in [-0.15, -0.1) is 0 Å². The standard InChI is InChI=1S/C12H22N2O6S2/c15-11-7-21(17,18)5-9(11)13-1-2-14(4-3-13)10-6-22(19,20)8-12(10)16/h9-12,15-16H,1-8H2/t9-,10+,11+,12-. The lowest BCUT2D eigenvalue weighted by Gasteiger charge is -2.41. The molecule has 3 aliphatic rings. The molecule has 0 spiro atoms. The van der Waals surface area contributed by atoms with Gasteiger partial charge in [-0.3, -0.25) is 9.80 Å². The number of rotatable bonds is 2. The maximum Gasteiger partial charge on any atom is 0.154 e. The van der Waals surface area contributed by atoms with Crippen molar-refractivity contribution in [2.75, 3.05) is 49.2 Å². The molecule has 128 valence electrons. The molecule has 0 aliphatic carbocycles. The van der Waals surface area contributed by atoms with Crippen molar-refractivity contribution in [1.29, 1.82) is 0 Å². The minimum absolute atomic E-state index is 0.0192. The van der Waals surface area contributed by atoms with E-state index in [1.165, 1.54) is 0 Å². The highest BCUT2D eigenvalue weighted by molar-refractivity contribution is 7.92. The molecule has 3 fully saturated rings. The van der Waals surface area contributed by atoms with Gasteiger partial charge in [0.15, 0.2) is 19.7 Å². The molecule has 0 aromatic heterocycles. The lowest BCUT2D eigenvalue weighted by Crippen LogP contribution is -2.57. The molecule has 3 aliphatic heterocycles. The summed E-state index contributed by atoms with van der Waals surface area (Å²) >= 11 is 0. The van der Waals surface area contributed by atoms with Gasteiger partial charge in [0.2, 0.25) is 0 Å². The van der Waals surface area contributed by atoms with Gasteiger partial charge < -0.3 is 10.2 Å². The number of hydrogen-bond acceptors (Lipinski definition) is 8.